The van der Waals surface area contributed by atoms with Crippen molar-refractivity contribution < 1.29 is 0 Å². The molecule has 0 aromatic carbocycles. The van der Waals surface area contributed by atoms with Crippen molar-refractivity contribution in [3.05, 3.63) is 33.5 Å². The van der Waals surface area contributed by atoms with Crippen LogP contribution in [-0.2, 0) is 20.1 Å². The average molecular weight is 236 g/mol. The van der Waals surface area contributed by atoms with E-state index in [2.05, 4.69) is 34.6 Å². The molecule has 2 heterocycles. The number of nitrogens with one attached hydrogen (secondary N) is 1. The number of aromatic nitrogens is 3. The van der Waals surface area contributed by atoms with Crippen LogP contribution in [0.3, 0.4) is 0 Å². The van der Waals surface area contributed by atoms with Crippen LogP contribution < -0.4 is 5.32 Å². The van der Waals surface area contributed by atoms with Gasteiger partial charge in [-0.1, -0.05) is 0 Å². The maximum atomic E-state index is 4.11. The highest BCUT2D eigenvalue weighted by Crippen LogP contribution is 2.14. The predicted octanol–water partition coefficient (Wildman–Crippen LogP) is 1.78. The number of aryl methyl sites for hydroxylation is 2. The topological polar surface area (TPSA) is 42.7 Å². The first kappa shape index (κ1) is 11.3. The van der Waals surface area contributed by atoms with Gasteiger partial charge in [0.25, 0.3) is 0 Å². The summed E-state index contributed by atoms with van der Waals surface area (Å²) in [5, 5.41) is 11.5. The van der Waals surface area contributed by atoms with Gasteiger partial charge in [-0.05, 0) is 26.0 Å². The van der Waals surface area contributed by atoms with Crippen LogP contribution in [-0.4, -0.2) is 14.8 Å². The molecule has 2 aromatic heterocycles. The Morgan fingerprint density at radius 2 is 2.06 bits per heavy atom. The number of nitrogens with zero attached hydrogens (tertiary/aromatic N) is 3. The Kier molecular flexibility index (Phi) is 3.36. The Labute approximate surface area is 99.3 Å². The summed E-state index contributed by atoms with van der Waals surface area (Å²) in [5.41, 5.74) is 0. The lowest BCUT2D eigenvalue weighted by Gasteiger charge is -2.03. The van der Waals surface area contributed by atoms with Crippen molar-refractivity contribution in [2.24, 2.45) is 7.05 Å². The zero-order valence-corrected chi connectivity index (χ0v) is 10.6. The van der Waals surface area contributed by atoms with Gasteiger partial charge in [0, 0.05) is 23.3 Å². The van der Waals surface area contributed by atoms with E-state index in [4.69, 9.17) is 0 Å². The van der Waals surface area contributed by atoms with E-state index in [9.17, 15) is 0 Å². The third-order valence-corrected chi connectivity index (χ3v) is 3.56. The number of rotatable bonds is 4. The first-order chi connectivity index (χ1) is 7.66. The van der Waals surface area contributed by atoms with Crippen molar-refractivity contribution in [1.82, 2.24) is 20.1 Å². The van der Waals surface area contributed by atoms with Gasteiger partial charge in [-0.3, -0.25) is 0 Å². The molecule has 0 radical (unpaired) electrons. The Morgan fingerprint density at radius 3 is 2.62 bits per heavy atom. The zero-order valence-electron chi connectivity index (χ0n) is 9.82. The lowest BCUT2D eigenvalue weighted by atomic mass is 10.4. The molecule has 0 aliphatic heterocycles. The highest BCUT2D eigenvalue weighted by Gasteiger charge is 2.04. The Balaban J connectivity index is 1.86. The van der Waals surface area contributed by atoms with Crippen molar-refractivity contribution in [3.63, 3.8) is 0 Å². The van der Waals surface area contributed by atoms with Gasteiger partial charge in [-0.2, -0.15) is 0 Å². The summed E-state index contributed by atoms with van der Waals surface area (Å²) in [4.78, 5) is 2.71. The fraction of sp³-hybridized carbons (Fsp3) is 0.455. The van der Waals surface area contributed by atoms with Crippen LogP contribution in [0.2, 0.25) is 0 Å². The van der Waals surface area contributed by atoms with E-state index in [0.29, 0.717) is 0 Å². The number of thiophene rings is 1. The molecule has 5 heteroatoms. The van der Waals surface area contributed by atoms with E-state index >= 15 is 0 Å². The van der Waals surface area contributed by atoms with Crippen molar-refractivity contribution in [3.8, 4) is 0 Å². The van der Waals surface area contributed by atoms with E-state index in [0.717, 1.165) is 24.7 Å². The molecule has 2 rings (SSSR count). The Hall–Kier alpha value is -1.20. The van der Waals surface area contributed by atoms with Crippen LogP contribution in [0.1, 0.15) is 21.4 Å². The van der Waals surface area contributed by atoms with Gasteiger partial charge < -0.3 is 9.88 Å². The minimum atomic E-state index is 0.758. The Bertz CT molecular complexity index is 472. The fourth-order valence-electron chi connectivity index (χ4n) is 1.48. The van der Waals surface area contributed by atoms with Crippen molar-refractivity contribution in [1.29, 1.82) is 0 Å². The van der Waals surface area contributed by atoms with Gasteiger partial charge in [0.05, 0.1) is 6.54 Å². The lowest BCUT2D eigenvalue weighted by molar-refractivity contribution is 0.639. The third-order valence-electron chi connectivity index (χ3n) is 2.56. The molecule has 0 unspecified atom stereocenters. The van der Waals surface area contributed by atoms with Crippen LogP contribution >= 0.6 is 11.3 Å². The predicted molar refractivity (Wildman–Crippen MR) is 65.3 cm³/mol. The van der Waals surface area contributed by atoms with Crippen LogP contribution in [0.25, 0.3) is 0 Å². The number of hydrogen-bond donors (Lipinski definition) is 1. The molecule has 0 saturated carbocycles. The minimum Gasteiger partial charge on any atom is -0.317 e. The maximum absolute atomic E-state index is 4.11. The maximum Gasteiger partial charge on any atom is 0.146 e. The second-order valence-corrected chi connectivity index (χ2v) is 5.21. The molecular weight excluding hydrogens is 220 g/mol. The molecular formula is C11H16N4S. The zero-order chi connectivity index (χ0) is 11.5. The van der Waals surface area contributed by atoms with E-state index in [1.165, 1.54) is 9.75 Å². The van der Waals surface area contributed by atoms with Crippen LogP contribution in [0.5, 0.6) is 0 Å². The molecule has 0 amide bonds. The summed E-state index contributed by atoms with van der Waals surface area (Å²) in [7, 11) is 1.99. The normalized spacial score (nSPS) is 10.9. The molecule has 0 fully saturated rings. The van der Waals surface area contributed by atoms with E-state index in [1.54, 1.807) is 0 Å². The van der Waals surface area contributed by atoms with E-state index in [1.807, 2.05) is 29.9 Å². The van der Waals surface area contributed by atoms with Gasteiger partial charge in [0.1, 0.15) is 11.6 Å². The summed E-state index contributed by atoms with van der Waals surface area (Å²) >= 11 is 1.83. The SMILES string of the molecule is Cc1ccc(CNCc2nnc(C)n2C)s1. The summed E-state index contributed by atoms with van der Waals surface area (Å²) in [5.74, 6) is 1.93. The molecule has 16 heavy (non-hydrogen) atoms. The van der Waals surface area contributed by atoms with Gasteiger partial charge in [-0.25, -0.2) is 0 Å². The molecule has 0 saturated heterocycles. The molecule has 0 aliphatic carbocycles. The summed E-state index contributed by atoms with van der Waals surface area (Å²) in [6.45, 7) is 5.73. The summed E-state index contributed by atoms with van der Waals surface area (Å²) in [6, 6.07) is 4.31. The highest BCUT2D eigenvalue weighted by molar-refractivity contribution is 7.11. The molecule has 0 aliphatic rings. The molecule has 1 N–H and O–H groups in total. The molecule has 2 aromatic rings. The molecule has 4 nitrogen and oxygen atoms in total. The standard InChI is InChI=1S/C11H16N4S/c1-8-4-5-10(16-8)6-12-7-11-14-13-9(2)15(11)3/h4-5,12H,6-7H2,1-3H3. The van der Waals surface area contributed by atoms with Crippen molar-refractivity contribution in [2.75, 3.05) is 0 Å². The van der Waals surface area contributed by atoms with Gasteiger partial charge in [0.15, 0.2) is 0 Å². The Morgan fingerprint density at radius 1 is 1.25 bits per heavy atom. The fourth-order valence-corrected chi connectivity index (χ4v) is 2.34. The highest BCUT2D eigenvalue weighted by atomic mass is 32.1. The van der Waals surface area contributed by atoms with E-state index in [-0.39, 0.29) is 0 Å². The van der Waals surface area contributed by atoms with Crippen LogP contribution in [0.15, 0.2) is 12.1 Å². The monoisotopic (exact) mass is 236 g/mol. The minimum absolute atomic E-state index is 0.758. The van der Waals surface area contributed by atoms with Crippen LogP contribution in [0.4, 0.5) is 0 Å². The molecule has 0 atom stereocenters. The largest absolute Gasteiger partial charge is 0.317 e. The van der Waals surface area contributed by atoms with Crippen molar-refractivity contribution in [2.45, 2.75) is 26.9 Å². The van der Waals surface area contributed by atoms with E-state index < -0.39 is 0 Å². The first-order valence-electron chi connectivity index (χ1n) is 5.27. The smallest absolute Gasteiger partial charge is 0.146 e. The van der Waals surface area contributed by atoms with Gasteiger partial charge >= 0.3 is 0 Å². The third kappa shape index (κ3) is 2.48. The number of hydrogen-bond acceptors (Lipinski definition) is 4. The summed E-state index contributed by atoms with van der Waals surface area (Å²) in [6.07, 6.45) is 0. The van der Waals surface area contributed by atoms with Crippen molar-refractivity contribution >= 4 is 11.3 Å². The van der Waals surface area contributed by atoms with Gasteiger partial charge in [-0.15, -0.1) is 21.5 Å². The summed E-state index contributed by atoms with van der Waals surface area (Å²) < 4.78 is 2.01. The second-order valence-electron chi connectivity index (χ2n) is 3.84. The lowest BCUT2D eigenvalue weighted by Crippen LogP contribution is -2.15. The average Bonchev–Trinajstić information content (AvgIpc) is 2.79. The molecule has 86 valence electrons. The molecule has 0 bridgehead atoms. The van der Waals surface area contributed by atoms with Gasteiger partial charge in [0.2, 0.25) is 0 Å². The quantitative estimate of drug-likeness (QED) is 0.880. The molecule has 0 spiro atoms. The van der Waals surface area contributed by atoms with Crippen LogP contribution in [0, 0.1) is 13.8 Å². The second kappa shape index (κ2) is 4.76. The first-order valence-corrected chi connectivity index (χ1v) is 6.09.